The average Bonchev–Trinajstić information content (AvgIpc) is 3.21. The predicted molar refractivity (Wildman–Crippen MR) is 96.7 cm³/mol. The Morgan fingerprint density at radius 3 is 2.69 bits per heavy atom. The van der Waals surface area contributed by atoms with Crippen LogP contribution in [0.25, 0.3) is 39.3 Å². The summed E-state index contributed by atoms with van der Waals surface area (Å²) in [5.41, 5.74) is 3.92. The molecule has 2 aromatic carbocycles. The molecule has 0 saturated carbocycles. The van der Waals surface area contributed by atoms with Crippen LogP contribution in [0.1, 0.15) is 0 Å². The van der Waals surface area contributed by atoms with Gasteiger partial charge in [-0.15, -0.1) is 0 Å². The summed E-state index contributed by atoms with van der Waals surface area (Å²) in [7, 11) is 0. The zero-order valence-electron chi connectivity index (χ0n) is 13.4. The summed E-state index contributed by atoms with van der Waals surface area (Å²) >= 11 is 0. The topological polar surface area (TPSA) is 79.4 Å². The highest BCUT2D eigenvalue weighted by atomic mass is 19.1. The quantitative estimate of drug-likeness (QED) is 0.515. The van der Waals surface area contributed by atoms with E-state index in [9.17, 15) is 9.18 Å². The fourth-order valence-corrected chi connectivity index (χ4v) is 3.08. The highest BCUT2D eigenvalue weighted by Crippen LogP contribution is 2.23. The number of hydrogen-bond acceptors (Lipinski definition) is 3. The summed E-state index contributed by atoms with van der Waals surface area (Å²) in [6.45, 7) is 0. The van der Waals surface area contributed by atoms with Gasteiger partial charge in [0.2, 0.25) is 0 Å². The van der Waals surface area contributed by atoms with Crippen LogP contribution in [0.5, 0.6) is 0 Å². The summed E-state index contributed by atoms with van der Waals surface area (Å²) in [5.74, 6) is 0.323. The largest absolute Gasteiger partial charge is 0.338 e. The molecule has 0 bridgehead atoms. The van der Waals surface area contributed by atoms with Crippen LogP contribution in [0.15, 0.2) is 65.6 Å². The molecule has 0 aliphatic heterocycles. The third-order valence-corrected chi connectivity index (χ3v) is 4.30. The Bertz CT molecular complexity index is 1310. The summed E-state index contributed by atoms with van der Waals surface area (Å²) in [5, 5.41) is 0. The lowest BCUT2D eigenvalue weighted by molar-refractivity contribution is 0.629. The standard InChI is InChI=1S/C19H12FN5O/c20-12-5-8-14-15(10-12)23-17(22-14)11-3-6-13(7-4-11)25-16-2-1-9-21-18(16)24-19(25)26/h1-10H,(H,22,23)(H,21,24,26). The number of imidazole rings is 2. The van der Waals surface area contributed by atoms with Gasteiger partial charge in [-0.2, -0.15) is 0 Å². The molecule has 126 valence electrons. The van der Waals surface area contributed by atoms with Crippen LogP contribution in [0, 0.1) is 5.82 Å². The number of nitrogens with one attached hydrogen (secondary N) is 2. The van der Waals surface area contributed by atoms with Crippen LogP contribution >= 0.6 is 0 Å². The fourth-order valence-electron chi connectivity index (χ4n) is 3.08. The van der Waals surface area contributed by atoms with E-state index in [1.807, 2.05) is 30.3 Å². The van der Waals surface area contributed by atoms with Crippen molar-refractivity contribution >= 4 is 22.2 Å². The highest BCUT2D eigenvalue weighted by Gasteiger charge is 2.10. The number of benzene rings is 2. The first-order chi connectivity index (χ1) is 12.7. The second-order valence-corrected chi connectivity index (χ2v) is 5.93. The second-order valence-electron chi connectivity index (χ2n) is 5.93. The van der Waals surface area contributed by atoms with Gasteiger partial charge in [-0.25, -0.2) is 19.2 Å². The van der Waals surface area contributed by atoms with Crippen LogP contribution in [0.2, 0.25) is 0 Å². The minimum absolute atomic E-state index is 0.245. The van der Waals surface area contributed by atoms with Gasteiger partial charge in [-0.3, -0.25) is 9.55 Å². The van der Waals surface area contributed by atoms with Crippen LogP contribution in [-0.4, -0.2) is 24.5 Å². The van der Waals surface area contributed by atoms with Gasteiger partial charge in [-0.1, -0.05) is 0 Å². The maximum absolute atomic E-state index is 13.3. The lowest BCUT2D eigenvalue weighted by Gasteiger charge is -2.04. The van der Waals surface area contributed by atoms with Crippen LogP contribution in [0.4, 0.5) is 4.39 Å². The molecule has 26 heavy (non-hydrogen) atoms. The van der Waals surface area contributed by atoms with Crippen molar-refractivity contribution in [2.24, 2.45) is 0 Å². The van der Waals surface area contributed by atoms with E-state index in [4.69, 9.17) is 0 Å². The van der Waals surface area contributed by atoms with E-state index in [2.05, 4.69) is 19.9 Å². The number of fused-ring (bicyclic) bond motifs is 2. The summed E-state index contributed by atoms with van der Waals surface area (Å²) in [6, 6.07) is 15.5. The van der Waals surface area contributed by atoms with Gasteiger partial charge in [0.05, 0.1) is 22.2 Å². The molecule has 0 radical (unpaired) electrons. The number of H-pyrrole nitrogens is 2. The SMILES string of the molecule is O=c1[nH]c2ncccc2n1-c1ccc(-c2nc3cc(F)ccc3[nH]2)cc1. The molecule has 3 heterocycles. The summed E-state index contributed by atoms with van der Waals surface area (Å²) in [6.07, 6.45) is 1.64. The molecule has 0 atom stereocenters. The maximum atomic E-state index is 13.3. The lowest BCUT2D eigenvalue weighted by atomic mass is 10.2. The third kappa shape index (κ3) is 2.21. The molecular formula is C19H12FN5O. The number of pyridine rings is 1. The van der Waals surface area contributed by atoms with Gasteiger partial charge in [0.25, 0.3) is 0 Å². The molecular weight excluding hydrogens is 333 g/mol. The van der Waals surface area contributed by atoms with Gasteiger partial charge in [0.15, 0.2) is 5.65 Å². The van der Waals surface area contributed by atoms with Crippen LogP contribution in [0.3, 0.4) is 0 Å². The summed E-state index contributed by atoms with van der Waals surface area (Å²) < 4.78 is 14.9. The minimum atomic E-state index is -0.321. The van der Waals surface area contributed by atoms with Crippen LogP contribution < -0.4 is 5.69 Å². The predicted octanol–water partition coefficient (Wildman–Crippen LogP) is 3.40. The first-order valence-corrected chi connectivity index (χ1v) is 8.01. The van der Waals surface area contributed by atoms with Crippen molar-refractivity contribution in [3.8, 4) is 17.1 Å². The third-order valence-electron chi connectivity index (χ3n) is 4.30. The van der Waals surface area contributed by atoms with Crippen molar-refractivity contribution in [3.05, 3.63) is 77.1 Å². The number of aromatic nitrogens is 5. The molecule has 3 aromatic heterocycles. The Balaban J connectivity index is 1.59. The van der Waals surface area contributed by atoms with E-state index >= 15 is 0 Å². The lowest BCUT2D eigenvalue weighted by Crippen LogP contribution is -2.14. The summed E-state index contributed by atoms with van der Waals surface area (Å²) in [4.78, 5) is 26.8. The molecule has 2 N–H and O–H groups in total. The Kier molecular flexibility index (Phi) is 3.02. The molecule has 5 aromatic rings. The van der Waals surface area contributed by atoms with Gasteiger partial charge in [0.1, 0.15) is 11.6 Å². The zero-order valence-corrected chi connectivity index (χ0v) is 13.4. The number of halogens is 1. The smallest absolute Gasteiger partial charge is 0.332 e. The molecule has 0 aliphatic rings. The monoisotopic (exact) mass is 345 g/mol. The number of hydrogen-bond donors (Lipinski definition) is 2. The van der Waals surface area contributed by atoms with Crippen LogP contribution in [-0.2, 0) is 0 Å². The van der Waals surface area contributed by atoms with Crippen molar-refractivity contribution in [2.75, 3.05) is 0 Å². The highest BCUT2D eigenvalue weighted by molar-refractivity contribution is 5.79. The Hall–Kier alpha value is -3.74. The van der Waals surface area contributed by atoms with Gasteiger partial charge in [-0.05, 0) is 48.5 Å². The minimum Gasteiger partial charge on any atom is -0.338 e. The van der Waals surface area contributed by atoms with E-state index in [1.54, 1.807) is 22.9 Å². The molecule has 0 amide bonds. The van der Waals surface area contributed by atoms with Crippen molar-refractivity contribution in [3.63, 3.8) is 0 Å². The van der Waals surface area contributed by atoms with E-state index in [1.165, 1.54) is 12.1 Å². The van der Waals surface area contributed by atoms with E-state index in [-0.39, 0.29) is 11.5 Å². The molecule has 7 heteroatoms. The number of aromatic amines is 2. The van der Waals surface area contributed by atoms with Crippen molar-refractivity contribution in [1.29, 1.82) is 0 Å². The molecule has 0 aliphatic carbocycles. The van der Waals surface area contributed by atoms with Gasteiger partial charge >= 0.3 is 5.69 Å². The number of nitrogens with zero attached hydrogens (tertiary/aromatic N) is 3. The fraction of sp³-hybridized carbons (Fsp3) is 0. The Morgan fingerprint density at radius 1 is 1.00 bits per heavy atom. The normalized spacial score (nSPS) is 11.4. The van der Waals surface area contributed by atoms with E-state index < -0.39 is 0 Å². The second kappa shape index (κ2) is 5.38. The molecule has 0 unspecified atom stereocenters. The number of rotatable bonds is 2. The Morgan fingerprint density at radius 2 is 1.85 bits per heavy atom. The van der Waals surface area contributed by atoms with E-state index in [0.717, 1.165) is 16.8 Å². The molecule has 0 spiro atoms. The zero-order chi connectivity index (χ0) is 17.7. The average molecular weight is 345 g/mol. The van der Waals surface area contributed by atoms with Crippen molar-refractivity contribution in [2.45, 2.75) is 0 Å². The van der Waals surface area contributed by atoms with Crippen molar-refractivity contribution < 1.29 is 4.39 Å². The molecule has 0 saturated heterocycles. The molecule has 0 fully saturated rings. The van der Waals surface area contributed by atoms with Gasteiger partial charge < -0.3 is 4.98 Å². The molecule has 5 rings (SSSR count). The van der Waals surface area contributed by atoms with Gasteiger partial charge in [0, 0.05) is 17.8 Å². The van der Waals surface area contributed by atoms with Crippen molar-refractivity contribution in [1.82, 2.24) is 24.5 Å². The van der Waals surface area contributed by atoms with E-state index in [0.29, 0.717) is 22.5 Å². The first-order valence-electron chi connectivity index (χ1n) is 8.01. The Labute approximate surface area is 146 Å². The first kappa shape index (κ1) is 14.6. The molecule has 6 nitrogen and oxygen atoms in total. The maximum Gasteiger partial charge on any atom is 0.332 e.